The summed E-state index contributed by atoms with van der Waals surface area (Å²) in [6.07, 6.45) is 6.13. The lowest BCUT2D eigenvalue weighted by atomic mass is 9.96. The molecule has 2 aromatic heterocycles. The minimum Gasteiger partial charge on any atom is -0.486 e. The molecular formula is C34H32F2N6O4. The largest absolute Gasteiger partial charge is 0.486 e. The Morgan fingerprint density at radius 1 is 1.07 bits per heavy atom. The number of nitrogens with one attached hydrogen (secondary N) is 1. The lowest BCUT2D eigenvalue weighted by molar-refractivity contribution is -0.120. The Labute approximate surface area is 263 Å². The molecule has 236 valence electrons. The Kier molecular flexibility index (Phi) is 8.88. The van der Waals surface area contributed by atoms with Crippen LogP contribution in [0.25, 0.3) is 16.9 Å². The maximum absolute atomic E-state index is 15.4. The van der Waals surface area contributed by atoms with Gasteiger partial charge in [0.05, 0.1) is 17.6 Å². The number of nitrogens with two attached hydrogens (primary N) is 1. The Bertz CT molecular complexity index is 1890. The fourth-order valence-corrected chi connectivity index (χ4v) is 5.67. The molecule has 0 bridgehead atoms. The van der Waals surface area contributed by atoms with Gasteiger partial charge < -0.3 is 25.4 Å². The first-order valence-corrected chi connectivity index (χ1v) is 14.9. The monoisotopic (exact) mass is 626 g/mol. The number of imidazole rings is 1. The summed E-state index contributed by atoms with van der Waals surface area (Å²) in [6, 6.07) is 15.3. The van der Waals surface area contributed by atoms with Gasteiger partial charge in [-0.3, -0.25) is 14.0 Å². The van der Waals surface area contributed by atoms with Crippen LogP contribution in [0.1, 0.15) is 34.3 Å². The number of anilines is 2. The zero-order valence-corrected chi connectivity index (χ0v) is 25.1. The van der Waals surface area contributed by atoms with Crippen LogP contribution in [0.2, 0.25) is 0 Å². The van der Waals surface area contributed by atoms with Crippen LogP contribution >= 0.6 is 0 Å². The molecule has 0 unspecified atom stereocenters. The zero-order chi connectivity index (χ0) is 32.2. The Balaban J connectivity index is 1.27. The predicted octanol–water partition coefficient (Wildman–Crippen LogP) is 5.65. The molecule has 5 aromatic rings. The van der Waals surface area contributed by atoms with E-state index in [-0.39, 0.29) is 41.1 Å². The maximum atomic E-state index is 15.4. The fourth-order valence-electron chi connectivity index (χ4n) is 5.67. The maximum Gasteiger partial charge on any atom is 0.298 e. The van der Waals surface area contributed by atoms with Crippen LogP contribution in [0, 0.1) is 24.5 Å². The molecule has 10 nitrogen and oxygen atoms in total. The molecule has 12 heteroatoms. The second-order valence-corrected chi connectivity index (χ2v) is 11.1. The van der Waals surface area contributed by atoms with Gasteiger partial charge in [0.25, 0.3) is 12.4 Å². The van der Waals surface area contributed by atoms with Crippen molar-refractivity contribution < 1.29 is 27.8 Å². The third-order valence-electron chi connectivity index (χ3n) is 8.28. The Morgan fingerprint density at radius 3 is 2.59 bits per heavy atom. The van der Waals surface area contributed by atoms with Crippen molar-refractivity contribution in [1.82, 2.24) is 19.3 Å². The average molecular weight is 627 g/mol. The van der Waals surface area contributed by atoms with Gasteiger partial charge in [-0.05, 0) is 62.1 Å². The van der Waals surface area contributed by atoms with Crippen LogP contribution in [0.4, 0.5) is 20.3 Å². The number of amides is 1. The van der Waals surface area contributed by atoms with Crippen LogP contribution < -0.4 is 20.5 Å². The number of benzene rings is 3. The van der Waals surface area contributed by atoms with E-state index in [0.29, 0.717) is 54.5 Å². The second kappa shape index (κ2) is 13.3. The highest BCUT2D eigenvalue weighted by Gasteiger charge is 2.26. The number of hydrogen-bond donors (Lipinski definition) is 2. The van der Waals surface area contributed by atoms with E-state index in [4.69, 9.17) is 15.2 Å². The van der Waals surface area contributed by atoms with E-state index in [9.17, 15) is 9.59 Å². The zero-order valence-electron chi connectivity index (χ0n) is 25.1. The number of piperidine rings is 1. The van der Waals surface area contributed by atoms with Gasteiger partial charge in [0, 0.05) is 42.2 Å². The molecule has 3 N–H and O–H groups in total. The van der Waals surface area contributed by atoms with E-state index in [2.05, 4.69) is 15.3 Å². The van der Waals surface area contributed by atoms with Crippen molar-refractivity contribution in [3.8, 4) is 22.8 Å². The lowest BCUT2D eigenvalue weighted by Gasteiger charge is -2.32. The Morgan fingerprint density at radius 2 is 1.85 bits per heavy atom. The summed E-state index contributed by atoms with van der Waals surface area (Å²) in [4.78, 5) is 35.4. The molecule has 1 saturated heterocycles. The minimum atomic E-state index is -1.11. The summed E-state index contributed by atoms with van der Waals surface area (Å²) in [5.41, 5.74) is 8.44. The molecule has 46 heavy (non-hydrogen) atoms. The number of ether oxygens (including phenoxy) is 2. The molecule has 3 aromatic carbocycles. The average Bonchev–Trinajstić information content (AvgIpc) is 3.52. The summed E-state index contributed by atoms with van der Waals surface area (Å²) >= 11 is 0. The first kappa shape index (κ1) is 30.7. The summed E-state index contributed by atoms with van der Waals surface area (Å²) in [5, 5.41) is 3.13. The van der Waals surface area contributed by atoms with E-state index < -0.39 is 11.6 Å². The van der Waals surface area contributed by atoms with Crippen LogP contribution in [0.3, 0.4) is 0 Å². The van der Waals surface area contributed by atoms with E-state index in [1.54, 1.807) is 34.6 Å². The highest BCUT2D eigenvalue weighted by atomic mass is 19.2. The van der Waals surface area contributed by atoms with Crippen molar-refractivity contribution in [3.05, 3.63) is 102 Å². The number of aromatic nitrogens is 3. The van der Waals surface area contributed by atoms with Crippen molar-refractivity contribution in [3.63, 3.8) is 0 Å². The molecule has 0 saturated carbocycles. The second-order valence-electron chi connectivity index (χ2n) is 11.1. The quantitative estimate of drug-likeness (QED) is 0.191. The first-order chi connectivity index (χ1) is 22.4. The molecule has 1 aliphatic rings. The first-order valence-electron chi connectivity index (χ1n) is 14.9. The Hall–Kier alpha value is -5.36. The smallest absolute Gasteiger partial charge is 0.298 e. The van der Waals surface area contributed by atoms with Crippen LogP contribution in [0.15, 0.2) is 73.2 Å². The third-order valence-corrected chi connectivity index (χ3v) is 8.28. The number of hydrogen-bond acceptors (Lipinski definition) is 8. The van der Waals surface area contributed by atoms with Gasteiger partial charge in [-0.15, -0.1) is 0 Å². The SMILES string of the molecule is Cc1c(C(=O)N2CCC(CN)CC2)ccc(Nc2nccn3c(-c4ccc(OCc5ccccc5)c(F)c4F)cnc23)c1OC=O. The number of carbonyl (C=O) groups excluding carboxylic acids is 2. The molecule has 0 aliphatic carbocycles. The van der Waals surface area contributed by atoms with Gasteiger partial charge in [0.2, 0.25) is 5.82 Å². The third kappa shape index (κ3) is 5.98. The topological polar surface area (TPSA) is 124 Å². The summed E-state index contributed by atoms with van der Waals surface area (Å²) in [7, 11) is 0. The van der Waals surface area contributed by atoms with E-state index in [0.717, 1.165) is 18.4 Å². The molecule has 0 spiro atoms. The van der Waals surface area contributed by atoms with Gasteiger partial charge in [-0.25, -0.2) is 14.4 Å². The van der Waals surface area contributed by atoms with Gasteiger partial charge in [-0.2, -0.15) is 4.39 Å². The van der Waals surface area contributed by atoms with Crippen molar-refractivity contribution in [1.29, 1.82) is 0 Å². The van der Waals surface area contributed by atoms with E-state index >= 15 is 8.78 Å². The van der Waals surface area contributed by atoms with Crippen LogP contribution in [-0.4, -0.2) is 51.3 Å². The number of rotatable bonds is 10. The summed E-state index contributed by atoms with van der Waals surface area (Å²) in [6.45, 7) is 3.89. The molecule has 6 rings (SSSR count). The van der Waals surface area contributed by atoms with Gasteiger partial charge in [0.15, 0.2) is 28.8 Å². The summed E-state index contributed by atoms with van der Waals surface area (Å²) < 4.78 is 42.9. The normalized spacial score (nSPS) is 13.5. The number of carbonyl (C=O) groups is 2. The van der Waals surface area contributed by atoms with Gasteiger partial charge in [-0.1, -0.05) is 30.3 Å². The van der Waals surface area contributed by atoms with E-state index in [1.165, 1.54) is 24.5 Å². The van der Waals surface area contributed by atoms with Gasteiger partial charge in [0.1, 0.15) is 6.61 Å². The predicted molar refractivity (Wildman–Crippen MR) is 168 cm³/mol. The van der Waals surface area contributed by atoms with Crippen LogP contribution in [0.5, 0.6) is 11.5 Å². The fraction of sp³-hybridized carbons (Fsp3) is 0.235. The number of likely N-dealkylation sites (tertiary alicyclic amines) is 1. The highest BCUT2D eigenvalue weighted by molar-refractivity contribution is 5.97. The molecule has 3 heterocycles. The van der Waals surface area contributed by atoms with Crippen LogP contribution in [-0.2, 0) is 11.4 Å². The van der Waals surface area contributed by atoms with Crippen molar-refractivity contribution >= 4 is 29.5 Å². The standard InChI is InChI=1S/C34H32F2N6O4/c1-21-24(34(44)41-14-11-22(17-37)12-15-41)7-9-26(31(21)46-20-43)40-32-33-39-18-27(42(33)16-13-38-32)25-8-10-28(30(36)29(25)35)45-19-23-5-3-2-4-6-23/h2-10,13,16,18,20,22H,11-12,14-15,17,19,37H2,1H3,(H,38,40). The molecule has 1 aliphatic heterocycles. The summed E-state index contributed by atoms with van der Waals surface area (Å²) in [5.74, 6) is -1.73. The molecule has 0 radical (unpaired) electrons. The van der Waals surface area contributed by atoms with Gasteiger partial charge >= 0.3 is 0 Å². The number of halogens is 2. The molecule has 1 fully saturated rings. The van der Waals surface area contributed by atoms with E-state index in [1.807, 2.05) is 30.3 Å². The van der Waals surface area contributed by atoms with Crippen molar-refractivity contribution in [2.45, 2.75) is 26.4 Å². The molecular weight excluding hydrogens is 594 g/mol. The van der Waals surface area contributed by atoms with Crippen molar-refractivity contribution in [2.24, 2.45) is 11.7 Å². The molecule has 0 atom stereocenters. The lowest BCUT2D eigenvalue weighted by Crippen LogP contribution is -2.40. The number of fused-ring (bicyclic) bond motifs is 1. The minimum absolute atomic E-state index is 0.0200. The molecule has 1 amide bonds. The highest BCUT2D eigenvalue weighted by Crippen LogP contribution is 2.36. The van der Waals surface area contributed by atoms with Crippen molar-refractivity contribution in [2.75, 3.05) is 25.0 Å². The number of nitrogens with zero attached hydrogens (tertiary/aromatic N) is 4.